The van der Waals surface area contributed by atoms with E-state index in [-0.39, 0.29) is 0 Å². The van der Waals surface area contributed by atoms with Crippen LogP contribution in [0.2, 0.25) is 5.15 Å². The minimum absolute atomic E-state index is 0.498. The molecule has 4 nitrogen and oxygen atoms in total. The average Bonchev–Trinajstić information content (AvgIpc) is 2.82. The Morgan fingerprint density at radius 3 is 3.00 bits per heavy atom. The van der Waals surface area contributed by atoms with Crippen molar-refractivity contribution in [3.8, 4) is 5.75 Å². The molecule has 5 heteroatoms. The summed E-state index contributed by atoms with van der Waals surface area (Å²) in [5.74, 6) is 0.804. The van der Waals surface area contributed by atoms with Gasteiger partial charge in [-0.2, -0.15) is 5.10 Å². The quantitative estimate of drug-likeness (QED) is 0.688. The lowest BCUT2D eigenvalue weighted by molar-refractivity contribution is 0.306. The number of pyridine rings is 1. The lowest BCUT2D eigenvalue weighted by Crippen LogP contribution is -1.94. The Kier molecular flexibility index (Phi) is 3.09. The zero-order valence-electron chi connectivity index (χ0n) is 10.4. The third-order valence-electron chi connectivity index (χ3n) is 2.85. The highest BCUT2D eigenvalue weighted by atomic mass is 35.5. The number of halogens is 1. The van der Waals surface area contributed by atoms with Crippen molar-refractivity contribution >= 4 is 22.4 Å². The van der Waals surface area contributed by atoms with Crippen LogP contribution in [0.3, 0.4) is 0 Å². The molecule has 0 atom stereocenters. The van der Waals surface area contributed by atoms with E-state index in [0.717, 1.165) is 22.1 Å². The molecule has 0 unspecified atom stereocenters. The van der Waals surface area contributed by atoms with Crippen LogP contribution in [0.15, 0.2) is 42.9 Å². The van der Waals surface area contributed by atoms with Gasteiger partial charge in [0.15, 0.2) is 0 Å². The van der Waals surface area contributed by atoms with E-state index >= 15 is 0 Å². The van der Waals surface area contributed by atoms with Crippen molar-refractivity contribution in [3.63, 3.8) is 0 Å². The van der Waals surface area contributed by atoms with E-state index in [1.165, 1.54) is 0 Å². The van der Waals surface area contributed by atoms with Crippen molar-refractivity contribution in [2.45, 2.75) is 6.61 Å². The molecule has 0 saturated heterocycles. The molecule has 19 heavy (non-hydrogen) atoms. The van der Waals surface area contributed by atoms with Crippen LogP contribution in [0.1, 0.15) is 5.56 Å². The second-order valence-electron chi connectivity index (χ2n) is 4.30. The average molecular weight is 274 g/mol. The normalized spacial score (nSPS) is 10.8. The number of benzene rings is 1. The maximum atomic E-state index is 6.02. The summed E-state index contributed by atoms with van der Waals surface area (Å²) in [7, 11) is 1.88. The maximum absolute atomic E-state index is 6.02. The number of hydrogen-bond acceptors (Lipinski definition) is 3. The molecule has 0 N–H and O–H groups in total. The predicted octanol–water partition coefficient (Wildman–Crippen LogP) is 3.20. The van der Waals surface area contributed by atoms with Crippen LogP contribution in [0.25, 0.3) is 10.8 Å². The van der Waals surface area contributed by atoms with Crippen LogP contribution in [-0.4, -0.2) is 14.8 Å². The lowest BCUT2D eigenvalue weighted by atomic mass is 10.2. The van der Waals surface area contributed by atoms with Gasteiger partial charge in [-0.1, -0.05) is 11.6 Å². The van der Waals surface area contributed by atoms with Gasteiger partial charge in [0, 0.05) is 30.4 Å². The summed E-state index contributed by atoms with van der Waals surface area (Å²) < 4.78 is 7.49. The van der Waals surface area contributed by atoms with E-state index < -0.39 is 0 Å². The first-order valence-corrected chi connectivity index (χ1v) is 6.25. The standard InChI is InChI=1S/C14H12ClN3O/c1-18-8-10(7-17-18)9-19-12-2-3-13-11(6-12)4-5-16-14(13)15/h2-8H,9H2,1H3. The van der Waals surface area contributed by atoms with Gasteiger partial charge in [-0.3, -0.25) is 4.68 Å². The summed E-state index contributed by atoms with van der Waals surface area (Å²) >= 11 is 6.02. The van der Waals surface area contributed by atoms with E-state index in [2.05, 4.69) is 10.1 Å². The Hall–Kier alpha value is -2.07. The van der Waals surface area contributed by atoms with E-state index in [1.54, 1.807) is 17.1 Å². The fourth-order valence-electron chi connectivity index (χ4n) is 1.92. The molecule has 0 bridgehead atoms. The summed E-state index contributed by atoms with van der Waals surface area (Å²) in [5.41, 5.74) is 1.04. The van der Waals surface area contributed by atoms with E-state index in [0.29, 0.717) is 11.8 Å². The number of aromatic nitrogens is 3. The van der Waals surface area contributed by atoms with Gasteiger partial charge >= 0.3 is 0 Å². The Labute approximate surface area is 115 Å². The smallest absolute Gasteiger partial charge is 0.136 e. The van der Waals surface area contributed by atoms with Crippen LogP contribution in [0, 0.1) is 0 Å². The van der Waals surface area contributed by atoms with Gasteiger partial charge in [0.1, 0.15) is 17.5 Å². The van der Waals surface area contributed by atoms with Gasteiger partial charge in [0.25, 0.3) is 0 Å². The van der Waals surface area contributed by atoms with Gasteiger partial charge in [-0.05, 0) is 29.7 Å². The SMILES string of the molecule is Cn1cc(COc2ccc3c(Cl)nccc3c2)cn1. The Morgan fingerprint density at radius 1 is 1.32 bits per heavy atom. The zero-order valence-corrected chi connectivity index (χ0v) is 11.1. The molecule has 0 amide bonds. The third kappa shape index (κ3) is 2.53. The van der Waals surface area contributed by atoms with E-state index in [4.69, 9.17) is 16.3 Å². The summed E-state index contributed by atoms with van der Waals surface area (Å²) in [6.45, 7) is 0.498. The predicted molar refractivity (Wildman–Crippen MR) is 74.3 cm³/mol. The molecule has 2 heterocycles. The van der Waals surface area contributed by atoms with Crippen molar-refractivity contribution in [3.05, 3.63) is 53.6 Å². The molecule has 0 aliphatic heterocycles. The van der Waals surface area contributed by atoms with Crippen LogP contribution < -0.4 is 4.74 Å². The Balaban J connectivity index is 1.82. The lowest BCUT2D eigenvalue weighted by Gasteiger charge is -2.06. The van der Waals surface area contributed by atoms with E-state index in [1.807, 2.05) is 37.5 Å². The Morgan fingerprint density at radius 2 is 2.21 bits per heavy atom. The topological polar surface area (TPSA) is 39.9 Å². The number of nitrogens with zero attached hydrogens (tertiary/aromatic N) is 3. The molecule has 0 saturated carbocycles. The molecular formula is C14H12ClN3O. The highest BCUT2D eigenvalue weighted by Gasteiger charge is 2.03. The van der Waals surface area contributed by atoms with Crippen LogP contribution in [0.5, 0.6) is 5.75 Å². The molecule has 1 aromatic carbocycles. The van der Waals surface area contributed by atoms with Crippen molar-refractivity contribution in [1.29, 1.82) is 0 Å². The maximum Gasteiger partial charge on any atom is 0.136 e. The van der Waals surface area contributed by atoms with Crippen LogP contribution in [0.4, 0.5) is 0 Å². The molecule has 0 spiro atoms. The van der Waals surface area contributed by atoms with E-state index in [9.17, 15) is 0 Å². The molecule has 0 radical (unpaired) electrons. The van der Waals surface area contributed by atoms with Crippen molar-refractivity contribution in [1.82, 2.24) is 14.8 Å². The van der Waals surface area contributed by atoms with Gasteiger partial charge in [0.05, 0.1) is 6.20 Å². The molecular weight excluding hydrogens is 262 g/mol. The first kappa shape index (κ1) is 12.0. The fraction of sp³-hybridized carbons (Fsp3) is 0.143. The van der Waals surface area contributed by atoms with Crippen molar-refractivity contribution < 1.29 is 4.74 Å². The van der Waals surface area contributed by atoms with Gasteiger partial charge in [-0.15, -0.1) is 0 Å². The molecule has 96 valence electrons. The fourth-order valence-corrected chi connectivity index (χ4v) is 2.15. The van der Waals surface area contributed by atoms with Gasteiger partial charge < -0.3 is 4.74 Å². The first-order chi connectivity index (χ1) is 9.22. The minimum Gasteiger partial charge on any atom is -0.489 e. The minimum atomic E-state index is 0.498. The molecule has 0 aliphatic rings. The number of hydrogen-bond donors (Lipinski definition) is 0. The van der Waals surface area contributed by atoms with Gasteiger partial charge in [0.2, 0.25) is 0 Å². The number of ether oxygens (including phenoxy) is 1. The second kappa shape index (κ2) is 4.90. The number of fused-ring (bicyclic) bond motifs is 1. The van der Waals surface area contributed by atoms with Gasteiger partial charge in [-0.25, -0.2) is 4.98 Å². The van der Waals surface area contributed by atoms with Crippen molar-refractivity contribution in [2.24, 2.45) is 7.05 Å². The summed E-state index contributed by atoms with van der Waals surface area (Å²) in [6.07, 6.45) is 5.42. The molecule has 0 aliphatic carbocycles. The number of aryl methyl sites for hydroxylation is 1. The van der Waals surface area contributed by atoms with Crippen molar-refractivity contribution in [2.75, 3.05) is 0 Å². The zero-order chi connectivity index (χ0) is 13.2. The van der Waals surface area contributed by atoms with Crippen LogP contribution in [-0.2, 0) is 13.7 Å². The van der Waals surface area contributed by atoms with Crippen LogP contribution >= 0.6 is 11.6 Å². The highest BCUT2D eigenvalue weighted by Crippen LogP contribution is 2.25. The highest BCUT2D eigenvalue weighted by molar-refractivity contribution is 6.34. The molecule has 2 aromatic heterocycles. The monoisotopic (exact) mass is 273 g/mol. The Bertz CT molecular complexity index is 724. The molecule has 3 aromatic rings. The third-order valence-corrected chi connectivity index (χ3v) is 3.15. The largest absolute Gasteiger partial charge is 0.489 e. The summed E-state index contributed by atoms with van der Waals surface area (Å²) in [6, 6.07) is 7.69. The first-order valence-electron chi connectivity index (χ1n) is 5.87. The summed E-state index contributed by atoms with van der Waals surface area (Å²) in [4.78, 5) is 4.05. The molecule has 3 rings (SSSR count). The molecule has 0 fully saturated rings. The second-order valence-corrected chi connectivity index (χ2v) is 4.65. The number of rotatable bonds is 3. The summed E-state index contributed by atoms with van der Waals surface area (Å²) in [5, 5.41) is 6.56.